The van der Waals surface area contributed by atoms with E-state index in [-0.39, 0.29) is 11.8 Å². The maximum atomic E-state index is 12.1. The number of nitrogen functional groups attached to an aromatic ring is 1. The Hall–Kier alpha value is -4.59. The largest absolute Gasteiger partial charge is 0.383 e. The molecule has 1 fully saturated rings. The van der Waals surface area contributed by atoms with Gasteiger partial charge in [0.2, 0.25) is 11.8 Å². The van der Waals surface area contributed by atoms with Gasteiger partial charge in [0.15, 0.2) is 0 Å². The Labute approximate surface area is 202 Å². The number of nitrogens with two attached hydrogens (primary N) is 2. The van der Waals surface area contributed by atoms with Crippen molar-refractivity contribution in [3.8, 4) is 22.4 Å². The molecule has 0 radical (unpaired) electrons. The van der Waals surface area contributed by atoms with Gasteiger partial charge >= 0.3 is 0 Å². The highest BCUT2D eigenvalue weighted by Crippen LogP contribution is 2.39. The van der Waals surface area contributed by atoms with E-state index in [1.165, 1.54) is 12.4 Å². The normalized spacial score (nSPS) is 15.3. The summed E-state index contributed by atoms with van der Waals surface area (Å²) < 4.78 is 0. The lowest BCUT2D eigenvalue weighted by atomic mass is 9.90. The first-order valence-corrected chi connectivity index (χ1v) is 11.3. The first-order valence-electron chi connectivity index (χ1n) is 11.3. The fourth-order valence-corrected chi connectivity index (χ4v) is 4.79. The van der Waals surface area contributed by atoms with Crippen molar-refractivity contribution in [2.24, 2.45) is 5.73 Å². The van der Waals surface area contributed by atoms with E-state index < -0.39 is 5.91 Å². The summed E-state index contributed by atoms with van der Waals surface area (Å²) in [5, 5.41) is 0.734. The number of primary amides is 1. The first-order chi connectivity index (χ1) is 17.0. The number of nitrogens with zero attached hydrogens (tertiary/aromatic N) is 4. The summed E-state index contributed by atoms with van der Waals surface area (Å²) in [5.74, 6) is -0.104. The number of pyridine rings is 1. The molecule has 2 aromatic carbocycles. The average Bonchev–Trinajstić information content (AvgIpc) is 3.38. The molecule has 4 aromatic rings. The number of amides is 2. The highest BCUT2D eigenvalue weighted by Gasteiger charge is 2.28. The molecule has 5 rings (SSSR count). The minimum absolute atomic E-state index is 0.0702. The third-order valence-electron chi connectivity index (χ3n) is 6.50. The minimum Gasteiger partial charge on any atom is -0.383 e. The van der Waals surface area contributed by atoms with Crippen molar-refractivity contribution in [2.75, 3.05) is 18.8 Å². The summed E-state index contributed by atoms with van der Waals surface area (Å²) in [5.41, 5.74) is 17.1. The minimum atomic E-state index is -0.528. The average molecular weight is 465 g/mol. The van der Waals surface area contributed by atoms with E-state index in [1.807, 2.05) is 42.5 Å². The van der Waals surface area contributed by atoms with Gasteiger partial charge in [-0.05, 0) is 53.5 Å². The zero-order valence-corrected chi connectivity index (χ0v) is 19.0. The second-order valence-corrected chi connectivity index (χ2v) is 8.50. The van der Waals surface area contributed by atoms with Crippen LogP contribution >= 0.6 is 0 Å². The Morgan fingerprint density at radius 1 is 1.06 bits per heavy atom. The molecule has 1 atom stereocenters. The van der Waals surface area contributed by atoms with Gasteiger partial charge < -0.3 is 16.4 Å². The highest BCUT2D eigenvalue weighted by atomic mass is 16.2. The van der Waals surface area contributed by atoms with Crippen molar-refractivity contribution >= 4 is 28.5 Å². The molecule has 0 saturated carbocycles. The smallest absolute Gasteiger partial charge is 0.249 e. The lowest BCUT2D eigenvalue weighted by Crippen LogP contribution is -2.26. The summed E-state index contributed by atoms with van der Waals surface area (Å²) in [4.78, 5) is 39.2. The second kappa shape index (κ2) is 8.98. The van der Waals surface area contributed by atoms with Crippen LogP contribution in [0, 0.1) is 0 Å². The van der Waals surface area contributed by atoms with Crippen LogP contribution in [0.4, 0.5) is 5.82 Å². The van der Waals surface area contributed by atoms with Gasteiger partial charge in [0, 0.05) is 36.3 Å². The number of rotatable bonds is 5. The van der Waals surface area contributed by atoms with Crippen molar-refractivity contribution in [3.05, 3.63) is 84.8 Å². The van der Waals surface area contributed by atoms with Crippen LogP contribution in [0.5, 0.6) is 0 Å². The summed E-state index contributed by atoms with van der Waals surface area (Å²) in [6.07, 6.45) is 5.31. The molecule has 1 aliphatic rings. The van der Waals surface area contributed by atoms with Crippen molar-refractivity contribution in [1.29, 1.82) is 0 Å². The van der Waals surface area contributed by atoms with Gasteiger partial charge in [0.1, 0.15) is 12.1 Å². The van der Waals surface area contributed by atoms with Crippen LogP contribution in [-0.2, 0) is 4.79 Å². The van der Waals surface area contributed by atoms with E-state index >= 15 is 0 Å². The fraction of sp³-hybridized carbons (Fsp3) is 0.148. The van der Waals surface area contributed by atoms with Crippen LogP contribution in [-0.4, -0.2) is 44.8 Å². The first kappa shape index (κ1) is 22.2. The molecule has 0 spiro atoms. The van der Waals surface area contributed by atoms with Crippen molar-refractivity contribution < 1.29 is 9.59 Å². The van der Waals surface area contributed by atoms with Crippen molar-refractivity contribution in [3.63, 3.8) is 0 Å². The van der Waals surface area contributed by atoms with E-state index in [2.05, 4.69) is 21.5 Å². The Kier molecular flexibility index (Phi) is 5.70. The van der Waals surface area contributed by atoms with Crippen LogP contribution in [0.2, 0.25) is 0 Å². The zero-order chi connectivity index (χ0) is 24.5. The van der Waals surface area contributed by atoms with Crippen LogP contribution < -0.4 is 11.5 Å². The van der Waals surface area contributed by atoms with Crippen molar-refractivity contribution in [1.82, 2.24) is 19.9 Å². The highest BCUT2D eigenvalue weighted by molar-refractivity contribution is 6.05. The summed E-state index contributed by atoms with van der Waals surface area (Å²) in [6.45, 7) is 4.86. The number of carbonyl (C=O) groups excluding carboxylic acids is 2. The number of anilines is 1. The maximum Gasteiger partial charge on any atom is 0.249 e. The van der Waals surface area contributed by atoms with Crippen LogP contribution in [0.1, 0.15) is 28.3 Å². The van der Waals surface area contributed by atoms with Gasteiger partial charge in [-0.25, -0.2) is 9.97 Å². The van der Waals surface area contributed by atoms with Crippen molar-refractivity contribution in [2.45, 2.75) is 12.3 Å². The SMILES string of the molecule is C=CC(=O)N1CCC(c2ccc(-c3ccc(C(N)=O)c(-c4ccccn4)c3)c3c(N)ncnc23)C1. The molecule has 0 bridgehead atoms. The fourth-order valence-electron chi connectivity index (χ4n) is 4.79. The number of hydrogen-bond donors (Lipinski definition) is 2. The molecule has 8 heteroatoms. The second-order valence-electron chi connectivity index (χ2n) is 8.50. The van der Waals surface area contributed by atoms with Gasteiger partial charge in [0.05, 0.1) is 16.6 Å². The van der Waals surface area contributed by atoms with Crippen LogP contribution in [0.3, 0.4) is 0 Å². The standard InChI is InChI=1S/C27H24N6O2/c1-2-23(34)33-12-10-17(14-33)19-9-8-18(24-25(19)31-15-32-26(24)28)16-6-7-20(27(29)35)21(13-16)22-5-3-4-11-30-22/h2-9,11,13,15,17H,1,10,12,14H2,(H2,29,35)(H2,28,31,32). The van der Waals surface area contributed by atoms with Gasteiger partial charge in [-0.15, -0.1) is 0 Å². The molecular formula is C27H24N6O2. The van der Waals surface area contributed by atoms with Gasteiger partial charge in [-0.3, -0.25) is 14.6 Å². The third kappa shape index (κ3) is 3.99. The number of carbonyl (C=O) groups is 2. The Bertz CT molecular complexity index is 1470. The monoisotopic (exact) mass is 464 g/mol. The third-order valence-corrected chi connectivity index (χ3v) is 6.50. The van der Waals surface area contributed by atoms with E-state index in [1.54, 1.807) is 17.2 Å². The number of likely N-dealkylation sites (tertiary alicyclic amines) is 1. The van der Waals surface area contributed by atoms with E-state index in [0.29, 0.717) is 35.7 Å². The molecule has 8 nitrogen and oxygen atoms in total. The number of benzene rings is 2. The molecule has 1 unspecified atom stereocenters. The van der Waals surface area contributed by atoms with Gasteiger partial charge in [-0.1, -0.05) is 30.8 Å². The molecular weight excluding hydrogens is 440 g/mol. The molecule has 1 aliphatic heterocycles. The number of hydrogen-bond acceptors (Lipinski definition) is 6. The lowest BCUT2D eigenvalue weighted by Gasteiger charge is -2.18. The molecule has 35 heavy (non-hydrogen) atoms. The Balaban J connectivity index is 1.65. The molecule has 1 saturated heterocycles. The Morgan fingerprint density at radius 2 is 1.91 bits per heavy atom. The van der Waals surface area contributed by atoms with Gasteiger partial charge in [-0.2, -0.15) is 0 Å². The van der Waals surface area contributed by atoms with E-state index in [9.17, 15) is 9.59 Å². The van der Waals surface area contributed by atoms with Crippen LogP contribution in [0.15, 0.2) is 73.7 Å². The molecule has 174 valence electrons. The topological polar surface area (TPSA) is 128 Å². The molecule has 3 heterocycles. The predicted molar refractivity (Wildman–Crippen MR) is 135 cm³/mol. The Morgan fingerprint density at radius 3 is 2.66 bits per heavy atom. The number of fused-ring (bicyclic) bond motifs is 1. The summed E-state index contributed by atoms with van der Waals surface area (Å²) >= 11 is 0. The maximum absolute atomic E-state index is 12.1. The lowest BCUT2D eigenvalue weighted by molar-refractivity contribution is -0.125. The molecule has 0 aliphatic carbocycles. The van der Waals surface area contributed by atoms with E-state index in [0.717, 1.165) is 34.0 Å². The van der Waals surface area contributed by atoms with E-state index in [4.69, 9.17) is 11.5 Å². The number of aromatic nitrogens is 3. The van der Waals surface area contributed by atoms with Gasteiger partial charge in [0.25, 0.3) is 0 Å². The quantitative estimate of drug-likeness (QED) is 0.435. The predicted octanol–water partition coefficient (Wildman–Crippen LogP) is 3.54. The van der Waals surface area contributed by atoms with Crippen LogP contribution in [0.25, 0.3) is 33.3 Å². The molecule has 2 aromatic heterocycles. The summed E-state index contributed by atoms with van der Waals surface area (Å²) in [7, 11) is 0. The molecule has 2 amide bonds. The summed E-state index contributed by atoms with van der Waals surface area (Å²) in [6, 6.07) is 15.0. The molecule has 4 N–H and O–H groups in total. The zero-order valence-electron chi connectivity index (χ0n) is 19.0.